The molecular formula is C8H11N5OS. The lowest BCUT2D eigenvalue weighted by Crippen LogP contribution is -2.09. The molecule has 0 amide bonds. The van der Waals surface area contributed by atoms with Crippen LogP contribution in [0, 0.1) is 0 Å². The first-order valence-electron chi connectivity index (χ1n) is 4.63. The zero-order chi connectivity index (χ0) is 10.7. The topological polar surface area (TPSA) is 76.7 Å². The molecule has 0 aromatic carbocycles. The molecule has 0 radical (unpaired) electrons. The van der Waals surface area contributed by atoms with Gasteiger partial charge in [0.2, 0.25) is 0 Å². The Bertz CT molecular complexity index is 412. The summed E-state index contributed by atoms with van der Waals surface area (Å²) in [7, 11) is 0. The van der Waals surface area contributed by atoms with Gasteiger partial charge in [0.1, 0.15) is 23.9 Å². The molecule has 1 unspecified atom stereocenters. The molecule has 1 N–H and O–H groups in total. The third-order valence-corrected chi connectivity index (χ3v) is 2.58. The van der Waals surface area contributed by atoms with Crippen molar-refractivity contribution in [1.29, 1.82) is 0 Å². The Kier molecular flexibility index (Phi) is 3.02. The molecule has 0 aliphatic heterocycles. The largest absolute Gasteiger partial charge is 0.386 e. The van der Waals surface area contributed by atoms with E-state index in [1.807, 2.05) is 6.92 Å². The van der Waals surface area contributed by atoms with Gasteiger partial charge in [0, 0.05) is 13.0 Å². The lowest BCUT2D eigenvalue weighted by atomic mass is 10.2. The summed E-state index contributed by atoms with van der Waals surface area (Å²) < 4.78 is 9.57. The molecule has 80 valence electrons. The molecule has 2 aromatic heterocycles. The minimum absolute atomic E-state index is 0.416. The smallest absolute Gasteiger partial charge is 0.138 e. The second kappa shape index (κ2) is 4.45. The number of nitrogens with zero attached hydrogens (tertiary/aromatic N) is 5. The van der Waals surface area contributed by atoms with Crippen molar-refractivity contribution < 1.29 is 5.11 Å². The van der Waals surface area contributed by atoms with E-state index in [-0.39, 0.29) is 0 Å². The molecule has 0 spiro atoms. The number of aliphatic hydroxyl groups is 1. The Hall–Kier alpha value is -1.34. The lowest BCUT2D eigenvalue weighted by Gasteiger charge is -2.06. The molecule has 2 heterocycles. The monoisotopic (exact) mass is 225 g/mol. The maximum Gasteiger partial charge on any atom is 0.138 e. The van der Waals surface area contributed by atoms with Crippen LogP contribution in [0.4, 0.5) is 0 Å². The van der Waals surface area contributed by atoms with Crippen LogP contribution in [0.3, 0.4) is 0 Å². The first kappa shape index (κ1) is 10.2. The number of aliphatic hydroxyl groups excluding tert-OH is 1. The average molecular weight is 225 g/mol. The van der Waals surface area contributed by atoms with Crippen LogP contribution < -0.4 is 0 Å². The highest BCUT2D eigenvalue weighted by atomic mass is 32.1. The van der Waals surface area contributed by atoms with E-state index in [1.165, 1.54) is 6.33 Å². The summed E-state index contributed by atoms with van der Waals surface area (Å²) in [6.45, 7) is 2.73. The van der Waals surface area contributed by atoms with Crippen LogP contribution in [0.25, 0.3) is 0 Å². The Labute approximate surface area is 90.9 Å². The molecule has 0 saturated heterocycles. The molecule has 0 aliphatic rings. The van der Waals surface area contributed by atoms with Crippen LogP contribution in [-0.4, -0.2) is 28.6 Å². The first-order chi connectivity index (χ1) is 7.31. The molecule has 1 atom stereocenters. The van der Waals surface area contributed by atoms with Gasteiger partial charge in [-0.05, 0) is 6.92 Å². The van der Waals surface area contributed by atoms with E-state index in [0.29, 0.717) is 12.1 Å². The van der Waals surface area contributed by atoms with Gasteiger partial charge < -0.3 is 5.11 Å². The number of aromatic nitrogens is 5. The normalized spacial score (nSPS) is 12.9. The molecule has 6 nitrogen and oxygen atoms in total. The van der Waals surface area contributed by atoms with Gasteiger partial charge in [-0.15, -0.1) is 0 Å². The fourth-order valence-electron chi connectivity index (χ4n) is 1.31. The van der Waals surface area contributed by atoms with Crippen molar-refractivity contribution in [3.63, 3.8) is 0 Å². The molecule has 0 bridgehead atoms. The van der Waals surface area contributed by atoms with Crippen molar-refractivity contribution in [2.75, 3.05) is 0 Å². The molecule has 7 heteroatoms. The van der Waals surface area contributed by atoms with Crippen LogP contribution in [0.5, 0.6) is 0 Å². The van der Waals surface area contributed by atoms with Crippen molar-refractivity contribution in [3.05, 3.63) is 24.0 Å². The Morgan fingerprint density at radius 2 is 2.47 bits per heavy atom. The number of aryl methyl sites for hydroxylation is 1. The van der Waals surface area contributed by atoms with E-state index in [4.69, 9.17) is 0 Å². The zero-order valence-corrected chi connectivity index (χ0v) is 9.05. The molecule has 0 fully saturated rings. The summed E-state index contributed by atoms with van der Waals surface area (Å²) in [6.07, 6.45) is 2.82. The van der Waals surface area contributed by atoms with E-state index in [2.05, 4.69) is 18.8 Å². The van der Waals surface area contributed by atoms with Crippen LogP contribution in [-0.2, 0) is 13.0 Å². The van der Waals surface area contributed by atoms with Crippen molar-refractivity contribution in [2.24, 2.45) is 0 Å². The molecule has 15 heavy (non-hydrogen) atoms. The number of hydrogen-bond acceptors (Lipinski definition) is 6. The van der Waals surface area contributed by atoms with Gasteiger partial charge in [-0.3, -0.25) is 4.68 Å². The van der Waals surface area contributed by atoms with Crippen molar-refractivity contribution in [2.45, 2.75) is 26.0 Å². The van der Waals surface area contributed by atoms with E-state index >= 15 is 0 Å². The van der Waals surface area contributed by atoms with Crippen LogP contribution >= 0.6 is 11.7 Å². The Balaban J connectivity index is 2.09. The third-order valence-electron chi connectivity index (χ3n) is 2.09. The molecular weight excluding hydrogens is 214 g/mol. The molecule has 2 rings (SSSR count). The van der Waals surface area contributed by atoms with Gasteiger partial charge in [-0.25, -0.2) is 4.98 Å². The van der Waals surface area contributed by atoms with Gasteiger partial charge in [0.25, 0.3) is 0 Å². The summed E-state index contributed by atoms with van der Waals surface area (Å²) in [5.74, 6) is 0.762. The van der Waals surface area contributed by atoms with Crippen LogP contribution in [0.1, 0.15) is 24.5 Å². The highest BCUT2D eigenvalue weighted by Crippen LogP contribution is 2.14. The Morgan fingerprint density at radius 3 is 3.13 bits per heavy atom. The summed E-state index contributed by atoms with van der Waals surface area (Å²) in [6, 6.07) is 0. The maximum atomic E-state index is 9.82. The fourth-order valence-corrected chi connectivity index (χ4v) is 1.77. The SMILES string of the molecule is CCn1ncnc1CC(O)c1cnsn1. The third kappa shape index (κ3) is 2.18. The first-order valence-corrected chi connectivity index (χ1v) is 5.36. The molecule has 0 saturated carbocycles. The standard InChI is InChI=1S/C8H11N5OS/c1-2-13-8(9-5-10-13)3-7(14)6-4-11-15-12-6/h4-5,7,14H,2-3H2,1H3. The van der Waals surface area contributed by atoms with E-state index in [9.17, 15) is 5.11 Å². The molecule has 2 aromatic rings. The van der Waals surface area contributed by atoms with Gasteiger partial charge in [0.05, 0.1) is 17.9 Å². The van der Waals surface area contributed by atoms with Crippen molar-refractivity contribution in [1.82, 2.24) is 23.5 Å². The highest BCUT2D eigenvalue weighted by molar-refractivity contribution is 6.99. The predicted octanol–water partition coefficient (Wildman–Crippen LogP) is 0.426. The zero-order valence-electron chi connectivity index (χ0n) is 8.24. The number of rotatable bonds is 4. The summed E-state index contributed by atoms with van der Waals surface area (Å²) in [5.41, 5.74) is 0.589. The van der Waals surface area contributed by atoms with Gasteiger partial charge in [0.15, 0.2) is 0 Å². The highest BCUT2D eigenvalue weighted by Gasteiger charge is 2.14. The minimum Gasteiger partial charge on any atom is -0.386 e. The summed E-state index contributed by atoms with van der Waals surface area (Å²) >= 11 is 1.09. The second-order valence-electron chi connectivity index (χ2n) is 3.04. The summed E-state index contributed by atoms with van der Waals surface area (Å²) in [5, 5.41) is 13.9. The van der Waals surface area contributed by atoms with Crippen LogP contribution in [0.15, 0.2) is 12.5 Å². The van der Waals surface area contributed by atoms with E-state index in [0.717, 1.165) is 24.1 Å². The number of hydrogen-bond donors (Lipinski definition) is 1. The summed E-state index contributed by atoms with van der Waals surface area (Å²) in [4.78, 5) is 4.08. The minimum atomic E-state index is -0.654. The van der Waals surface area contributed by atoms with E-state index < -0.39 is 6.10 Å². The van der Waals surface area contributed by atoms with Gasteiger partial charge in [-0.1, -0.05) is 0 Å². The van der Waals surface area contributed by atoms with Gasteiger partial charge in [-0.2, -0.15) is 13.8 Å². The lowest BCUT2D eigenvalue weighted by molar-refractivity contribution is 0.170. The van der Waals surface area contributed by atoms with E-state index in [1.54, 1.807) is 10.9 Å². The maximum absolute atomic E-state index is 9.82. The quantitative estimate of drug-likeness (QED) is 0.816. The van der Waals surface area contributed by atoms with Gasteiger partial charge >= 0.3 is 0 Å². The fraction of sp³-hybridized carbons (Fsp3) is 0.500. The average Bonchev–Trinajstić information content (AvgIpc) is 2.87. The van der Waals surface area contributed by atoms with Crippen molar-refractivity contribution >= 4 is 11.7 Å². The van der Waals surface area contributed by atoms with Crippen molar-refractivity contribution in [3.8, 4) is 0 Å². The predicted molar refractivity (Wildman–Crippen MR) is 54.3 cm³/mol. The molecule has 0 aliphatic carbocycles. The van der Waals surface area contributed by atoms with Crippen LogP contribution in [0.2, 0.25) is 0 Å². The Morgan fingerprint density at radius 1 is 1.60 bits per heavy atom. The second-order valence-corrected chi connectivity index (χ2v) is 3.60.